The molecule has 8 heterocycles. The molecule has 0 saturated carbocycles. The van der Waals surface area contributed by atoms with Crippen LogP contribution in [0.1, 0.15) is 112 Å². The van der Waals surface area contributed by atoms with Crippen molar-refractivity contribution in [3.05, 3.63) is 88.0 Å². The third-order valence-corrected chi connectivity index (χ3v) is 14.2. The minimum atomic E-state index is -1.09. The number of pyridine rings is 1. The van der Waals surface area contributed by atoms with Crippen molar-refractivity contribution in [1.29, 1.82) is 0 Å². The van der Waals surface area contributed by atoms with Crippen molar-refractivity contribution >= 4 is 46.5 Å². The first-order valence-electron chi connectivity index (χ1n) is 23.3. The van der Waals surface area contributed by atoms with E-state index in [1.807, 2.05) is 14.0 Å². The van der Waals surface area contributed by atoms with E-state index in [4.69, 9.17) is 14.7 Å². The molecule has 0 spiro atoms. The van der Waals surface area contributed by atoms with Crippen LogP contribution in [0.2, 0.25) is 0 Å². The van der Waals surface area contributed by atoms with Gasteiger partial charge in [0.2, 0.25) is 23.6 Å². The van der Waals surface area contributed by atoms with Gasteiger partial charge >= 0.3 is 0 Å². The number of fused-ring (bicyclic) bond motifs is 8. The highest BCUT2D eigenvalue weighted by Gasteiger charge is 2.45. The third-order valence-electron chi connectivity index (χ3n) is 14.2. The topological polar surface area (TPSA) is 177 Å². The summed E-state index contributed by atoms with van der Waals surface area (Å²) in [5.41, 5.74) is 6.12. The molecule has 3 aromatic heterocycles. The highest BCUT2D eigenvalue weighted by molar-refractivity contribution is 6.23. The SMILES string of the molecule is Cc1cc2cc(n1)-c1cnn(C)c1OCCC[C@@H](C)Cn1c(nc3ccc(CN4CCC(CN5CCC(c6cc7c(cc6F)C(=O)N(C6CCC(=O)NC6=O)C7=O)CC5)CC4)cc31)NC2=O. The number of ether oxygens (including phenoxy) is 1. The van der Waals surface area contributed by atoms with Gasteiger partial charge in [-0.1, -0.05) is 13.0 Å². The summed E-state index contributed by atoms with van der Waals surface area (Å²) >= 11 is 0. The number of imidazole rings is 1. The van der Waals surface area contributed by atoms with Gasteiger partial charge in [-0.05, 0) is 143 Å². The maximum atomic E-state index is 15.6. The lowest BCUT2D eigenvalue weighted by atomic mass is 9.86. The summed E-state index contributed by atoms with van der Waals surface area (Å²) < 4.78 is 25.7. The minimum absolute atomic E-state index is 0.0264. The molecule has 66 heavy (non-hydrogen) atoms. The molecule has 0 aliphatic carbocycles. The number of carbonyl (C=O) groups excluding carboxylic acids is 5. The van der Waals surface area contributed by atoms with Crippen LogP contribution >= 0.6 is 0 Å². The molecule has 2 atom stereocenters. The smallest absolute Gasteiger partial charge is 0.262 e. The Morgan fingerprint density at radius 1 is 0.833 bits per heavy atom. The van der Waals surface area contributed by atoms with Crippen LogP contribution < -0.4 is 15.4 Å². The molecule has 2 bridgehead atoms. The van der Waals surface area contributed by atoms with E-state index in [0.717, 1.165) is 105 Å². The van der Waals surface area contributed by atoms with Crippen molar-refractivity contribution in [2.45, 2.75) is 90.3 Å². The Morgan fingerprint density at radius 3 is 2.36 bits per heavy atom. The predicted octanol–water partition coefficient (Wildman–Crippen LogP) is 5.83. The number of halogens is 1. The molecule has 3 fully saturated rings. The van der Waals surface area contributed by atoms with E-state index in [1.165, 1.54) is 11.6 Å². The number of aryl methyl sites for hydroxylation is 2. The van der Waals surface area contributed by atoms with Crippen LogP contribution in [0.3, 0.4) is 0 Å². The average Bonchev–Trinajstić information content (AvgIpc) is 3.91. The van der Waals surface area contributed by atoms with Crippen LogP contribution in [0.15, 0.2) is 48.7 Å². The van der Waals surface area contributed by atoms with Gasteiger partial charge in [-0.15, -0.1) is 0 Å². The number of carbonyl (C=O) groups is 5. The molecule has 1 unspecified atom stereocenters. The largest absolute Gasteiger partial charge is 0.477 e. The lowest BCUT2D eigenvalue weighted by molar-refractivity contribution is -0.136. The summed E-state index contributed by atoms with van der Waals surface area (Å²) in [6.07, 6.45) is 7.22. The summed E-state index contributed by atoms with van der Waals surface area (Å²) in [4.78, 5) is 80.2. The third kappa shape index (κ3) is 8.49. The molecule has 2 aromatic carbocycles. The molecule has 17 heteroatoms. The summed E-state index contributed by atoms with van der Waals surface area (Å²) in [5, 5.41) is 9.76. The number of imide groups is 2. The summed E-state index contributed by atoms with van der Waals surface area (Å²) in [6, 6.07) is 11.6. The van der Waals surface area contributed by atoms with Gasteiger partial charge in [0.15, 0.2) is 0 Å². The zero-order valence-electron chi connectivity index (χ0n) is 37.6. The van der Waals surface area contributed by atoms with Gasteiger partial charge in [0, 0.05) is 44.4 Å². The highest BCUT2D eigenvalue weighted by Crippen LogP contribution is 2.37. The zero-order valence-corrected chi connectivity index (χ0v) is 37.6. The number of benzene rings is 2. The number of hydrogen-bond acceptors (Lipinski definition) is 11. The quantitative estimate of drug-likeness (QED) is 0.196. The lowest BCUT2D eigenvalue weighted by Crippen LogP contribution is -2.54. The minimum Gasteiger partial charge on any atom is -0.477 e. The monoisotopic (exact) mass is 898 g/mol. The van der Waals surface area contributed by atoms with Crippen LogP contribution in [-0.2, 0) is 29.7 Å². The van der Waals surface area contributed by atoms with E-state index in [0.29, 0.717) is 53.4 Å². The Morgan fingerprint density at radius 2 is 1.59 bits per heavy atom. The van der Waals surface area contributed by atoms with Crippen molar-refractivity contribution in [3.63, 3.8) is 0 Å². The first-order valence-corrected chi connectivity index (χ1v) is 23.3. The molecular formula is C49H55FN10O6. The Bertz CT molecular complexity index is 2770. The summed E-state index contributed by atoms with van der Waals surface area (Å²) in [7, 11) is 1.85. The normalized spacial score (nSPS) is 21.8. The fourth-order valence-electron chi connectivity index (χ4n) is 10.6. The second kappa shape index (κ2) is 17.8. The lowest BCUT2D eigenvalue weighted by Gasteiger charge is -2.38. The number of aromatic nitrogens is 5. The molecule has 10 rings (SSSR count). The first-order chi connectivity index (χ1) is 31.9. The molecule has 5 aliphatic heterocycles. The molecule has 3 saturated heterocycles. The summed E-state index contributed by atoms with van der Waals surface area (Å²) in [5.74, 6) is -1.30. The number of nitrogens with one attached hydrogen (secondary N) is 2. The standard InChI is InChI=1S/C49H55FN10O6/c1-28-5-4-18-66-48-37(24-51-56(48)3)40-21-33(19-29(2)52-40)44(62)55-49-53-39-7-6-31(20-42(39)59(49)25-28)27-57-14-10-30(11-15-57)26-58-16-12-32(13-17-58)34-22-35-36(23-38(34)50)47(65)60(46(35)64)41-8-9-43(61)54-45(41)63/h6-7,19-24,28,30,32,41H,4-5,8-18,25-27H2,1-3H3,(H,53,55,62)(H,54,61,63)/t28-,41?/m1/s1. The number of likely N-dealkylation sites (tertiary alicyclic amines) is 2. The Labute approximate surface area is 381 Å². The first kappa shape index (κ1) is 43.6. The molecule has 5 aromatic rings. The Balaban J connectivity index is 0.758. The predicted molar refractivity (Wildman–Crippen MR) is 242 cm³/mol. The maximum Gasteiger partial charge on any atom is 0.262 e. The highest BCUT2D eigenvalue weighted by atomic mass is 19.1. The fraction of sp³-hybridized carbons (Fsp3) is 0.469. The molecule has 2 N–H and O–H groups in total. The number of nitrogens with zero attached hydrogens (tertiary/aromatic N) is 8. The number of piperidine rings is 3. The second-order valence-electron chi connectivity index (χ2n) is 18.9. The van der Waals surface area contributed by atoms with Gasteiger partial charge in [0.1, 0.15) is 11.9 Å². The van der Waals surface area contributed by atoms with Gasteiger partial charge in [-0.2, -0.15) is 5.10 Å². The second-order valence-corrected chi connectivity index (χ2v) is 18.9. The molecular weight excluding hydrogens is 844 g/mol. The molecule has 5 amide bonds. The average molecular weight is 899 g/mol. The number of hydrogen-bond donors (Lipinski definition) is 2. The van der Waals surface area contributed by atoms with E-state index < -0.39 is 35.5 Å². The van der Waals surface area contributed by atoms with Gasteiger partial charge in [-0.25, -0.2) is 14.1 Å². The van der Waals surface area contributed by atoms with E-state index >= 15 is 4.39 Å². The van der Waals surface area contributed by atoms with E-state index in [1.54, 1.807) is 23.0 Å². The van der Waals surface area contributed by atoms with E-state index in [2.05, 4.69) is 55.2 Å². The maximum absolute atomic E-state index is 15.6. The Kier molecular flexibility index (Phi) is 11.8. The number of amides is 5. The zero-order chi connectivity index (χ0) is 45.8. The van der Waals surface area contributed by atoms with Gasteiger partial charge in [0.05, 0.1) is 46.2 Å². The van der Waals surface area contributed by atoms with Crippen LogP contribution in [0.4, 0.5) is 10.3 Å². The summed E-state index contributed by atoms with van der Waals surface area (Å²) in [6.45, 7) is 10.7. The van der Waals surface area contributed by atoms with Gasteiger partial charge in [0.25, 0.3) is 17.7 Å². The molecule has 5 aliphatic rings. The molecule has 16 nitrogen and oxygen atoms in total. The number of anilines is 1. The number of rotatable bonds is 6. The fourth-order valence-corrected chi connectivity index (χ4v) is 10.6. The van der Waals surface area contributed by atoms with Crippen molar-refractivity contribution in [2.24, 2.45) is 18.9 Å². The Hall–Kier alpha value is -6.33. The van der Waals surface area contributed by atoms with Crippen molar-refractivity contribution < 1.29 is 33.1 Å². The van der Waals surface area contributed by atoms with E-state index in [-0.39, 0.29) is 41.7 Å². The van der Waals surface area contributed by atoms with Crippen LogP contribution in [-0.4, -0.2) is 114 Å². The van der Waals surface area contributed by atoms with Crippen LogP contribution in [0.5, 0.6) is 5.88 Å². The molecule has 0 radical (unpaired) electrons. The van der Waals surface area contributed by atoms with Crippen molar-refractivity contribution in [1.82, 2.24) is 44.3 Å². The van der Waals surface area contributed by atoms with Crippen LogP contribution in [0.25, 0.3) is 22.3 Å². The molecule has 344 valence electrons. The van der Waals surface area contributed by atoms with Gasteiger partial charge < -0.3 is 14.2 Å². The van der Waals surface area contributed by atoms with E-state index in [9.17, 15) is 24.0 Å². The van der Waals surface area contributed by atoms with Crippen molar-refractivity contribution in [2.75, 3.05) is 44.6 Å². The van der Waals surface area contributed by atoms with Crippen LogP contribution in [0, 0.1) is 24.6 Å². The van der Waals surface area contributed by atoms with Gasteiger partial charge in [-0.3, -0.25) is 49.4 Å². The van der Waals surface area contributed by atoms with Crippen molar-refractivity contribution in [3.8, 4) is 17.1 Å².